The van der Waals surface area contributed by atoms with Crippen molar-refractivity contribution in [2.45, 2.75) is 26.2 Å². The number of aldehydes is 1. The zero-order chi connectivity index (χ0) is 7.82. The third kappa shape index (κ3) is 5.76. The fourth-order valence-electron chi connectivity index (χ4n) is 0.858. The topological polar surface area (TPSA) is 26.3 Å². The third-order valence-corrected chi connectivity index (χ3v) is 1.54. The van der Waals surface area contributed by atoms with Crippen LogP contribution in [-0.2, 0) is 9.53 Å². The fraction of sp³-hybridized carbons (Fsp3) is 0.875. The van der Waals surface area contributed by atoms with Crippen LogP contribution in [0.3, 0.4) is 0 Å². The van der Waals surface area contributed by atoms with E-state index in [4.69, 9.17) is 4.74 Å². The lowest BCUT2D eigenvalue weighted by atomic mass is 10.0. The lowest BCUT2D eigenvalue weighted by Gasteiger charge is -2.05. The van der Waals surface area contributed by atoms with E-state index in [1.807, 2.05) is 0 Å². The Kier molecular flexibility index (Phi) is 6.50. The van der Waals surface area contributed by atoms with Gasteiger partial charge in [-0.2, -0.15) is 0 Å². The quantitative estimate of drug-likeness (QED) is 0.418. The first kappa shape index (κ1) is 9.63. The number of methoxy groups -OCH3 is 1. The number of carbonyl (C=O) groups is 1. The second kappa shape index (κ2) is 6.75. The van der Waals surface area contributed by atoms with E-state index >= 15 is 0 Å². The van der Waals surface area contributed by atoms with Gasteiger partial charge in [0.1, 0.15) is 6.29 Å². The highest BCUT2D eigenvalue weighted by Gasteiger charge is 1.99. The molecule has 2 heteroatoms. The molecule has 1 atom stereocenters. The minimum atomic E-state index is 0.521. The molecule has 0 heterocycles. The molecule has 0 aromatic carbocycles. The Morgan fingerprint density at radius 2 is 2.30 bits per heavy atom. The van der Waals surface area contributed by atoms with Gasteiger partial charge in [-0.15, -0.1) is 0 Å². The zero-order valence-corrected chi connectivity index (χ0v) is 6.80. The molecule has 10 heavy (non-hydrogen) atoms. The molecule has 0 fully saturated rings. The molecule has 0 bridgehead atoms. The minimum absolute atomic E-state index is 0.521. The second-order valence-electron chi connectivity index (χ2n) is 2.64. The smallest absolute Gasteiger partial charge is 0.120 e. The van der Waals surface area contributed by atoms with Crippen molar-refractivity contribution in [2.24, 2.45) is 5.92 Å². The van der Waals surface area contributed by atoms with Gasteiger partial charge in [-0.3, -0.25) is 0 Å². The summed E-state index contributed by atoms with van der Waals surface area (Å²) in [5.41, 5.74) is 0. The zero-order valence-electron chi connectivity index (χ0n) is 6.80. The molecule has 0 unspecified atom stereocenters. The van der Waals surface area contributed by atoms with Gasteiger partial charge in [-0.05, 0) is 18.8 Å². The predicted molar refractivity (Wildman–Crippen MR) is 41.0 cm³/mol. The molecule has 0 aromatic heterocycles. The molecule has 60 valence electrons. The van der Waals surface area contributed by atoms with E-state index in [-0.39, 0.29) is 0 Å². The average molecular weight is 144 g/mol. The summed E-state index contributed by atoms with van der Waals surface area (Å²) in [4.78, 5) is 10.0. The van der Waals surface area contributed by atoms with E-state index in [9.17, 15) is 4.79 Å². The van der Waals surface area contributed by atoms with E-state index in [1.165, 1.54) is 0 Å². The van der Waals surface area contributed by atoms with Crippen LogP contribution in [-0.4, -0.2) is 20.0 Å². The number of hydrogen-bond donors (Lipinski definition) is 0. The minimum Gasteiger partial charge on any atom is -0.385 e. The molecule has 2 nitrogen and oxygen atoms in total. The first-order valence-corrected chi connectivity index (χ1v) is 3.73. The molecular weight excluding hydrogens is 128 g/mol. The maximum Gasteiger partial charge on any atom is 0.120 e. The molecule has 0 aliphatic heterocycles. The van der Waals surface area contributed by atoms with E-state index in [0.717, 1.165) is 25.7 Å². The van der Waals surface area contributed by atoms with Crippen molar-refractivity contribution < 1.29 is 9.53 Å². The van der Waals surface area contributed by atoms with Crippen LogP contribution in [0.5, 0.6) is 0 Å². The number of ether oxygens (including phenoxy) is 1. The maximum atomic E-state index is 10.0. The molecule has 0 aromatic rings. The van der Waals surface area contributed by atoms with Crippen LogP contribution in [0.4, 0.5) is 0 Å². The molecule has 0 rings (SSSR count). The number of carbonyl (C=O) groups excluding carboxylic acids is 1. The van der Waals surface area contributed by atoms with E-state index in [2.05, 4.69) is 6.92 Å². The monoisotopic (exact) mass is 144 g/mol. The van der Waals surface area contributed by atoms with Gasteiger partial charge in [0.05, 0.1) is 0 Å². The van der Waals surface area contributed by atoms with Gasteiger partial charge in [-0.25, -0.2) is 0 Å². The first-order chi connectivity index (χ1) is 4.81. The van der Waals surface area contributed by atoms with Crippen molar-refractivity contribution in [3.63, 3.8) is 0 Å². The van der Waals surface area contributed by atoms with Crippen LogP contribution < -0.4 is 0 Å². The first-order valence-electron chi connectivity index (χ1n) is 3.73. The van der Waals surface area contributed by atoms with E-state index < -0.39 is 0 Å². The van der Waals surface area contributed by atoms with Gasteiger partial charge in [0.25, 0.3) is 0 Å². The normalized spacial score (nSPS) is 13.0. The molecule has 0 radical (unpaired) electrons. The van der Waals surface area contributed by atoms with E-state index in [1.54, 1.807) is 7.11 Å². The molecular formula is C8H16O2. The van der Waals surface area contributed by atoms with Crippen molar-refractivity contribution in [2.75, 3.05) is 13.7 Å². The van der Waals surface area contributed by atoms with Gasteiger partial charge >= 0.3 is 0 Å². The summed E-state index contributed by atoms with van der Waals surface area (Å²) in [7, 11) is 1.70. The van der Waals surface area contributed by atoms with E-state index in [0.29, 0.717) is 12.3 Å². The summed E-state index contributed by atoms with van der Waals surface area (Å²) in [6.07, 6.45) is 3.82. The van der Waals surface area contributed by atoms with Gasteiger partial charge in [-0.1, -0.05) is 6.92 Å². The molecule has 0 saturated carbocycles. The van der Waals surface area contributed by atoms with Crippen LogP contribution in [0.2, 0.25) is 0 Å². The summed E-state index contributed by atoms with van der Waals surface area (Å²) >= 11 is 0. The van der Waals surface area contributed by atoms with Gasteiger partial charge in [0.2, 0.25) is 0 Å². The summed E-state index contributed by atoms with van der Waals surface area (Å²) in [5, 5.41) is 0. The Morgan fingerprint density at radius 3 is 2.80 bits per heavy atom. The summed E-state index contributed by atoms with van der Waals surface area (Å²) < 4.78 is 4.88. The van der Waals surface area contributed by atoms with Crippen LogP contribution in [0.15, 0.2) is 0 Å². The molecule has 0 aliphatic carbocycles. The maximum absolute atomic E-state index is 10.0. The molecule has 0 saturated heterocycles. The van der Waals surface area contributed by atoms with Crippen molar-refractivity contribution >= 4 is 6.29 Å². The van der Waals surface area contributed by atoms with Crippen LogP contribution in [0.1, 0.15) is 26.2 Å². The average Bonchev–Trinajstić information content (AvgIpc) is 1.89. The van der Waals surface area contributed by atoms with Crippen molar-refractivity contribution in [1.82, 2.24) is 0 Å². The number of rotatable bonds is 6. The second-order valence-corrected chi connectivity index (χ2v) is 2.64. The van der Waals surface area contributed by atoms with Crippen molar-refractivity contribution in [3.8, 4) is 0 Å². The van der Waals surface area contributed by atoms with Crippen molar-refractivity contribution in [1.29, 1.82) is 0 Å². The standard InChI is InChI=1S/C8H16O2/c1-8(5-6-9)4-3-7-10-2/h6,8H,3-5,7H2,1-2H3/t8-/m1/s1. The summed E-state index contributed by atoms with van der Waals surface area (Å²) in [6.45, 7) is 2.90. The highest BCUT2D eigenvalue weighted by Crippen LogP contribution is 2.07. The van der Waals surface area contributed by atoms with Gasteiger partial charge in [0.15, 0.2) is 0 Å². The number of hydrogen-bond acceptors (Lipinski definition) is 2. The SMILES string of the molecule is COCCC[C@@H](C)CC=O. The molecule has 0 spiro atoms. The Hall–Kier alpha value is -0.370. The lowest BCUT2D eigenvalue weighted by Crippen LogP contribution is -1.98. The Labute approximate surface area is 62.6 Å². The largest absolute Gasteiger partial charge is 0.385 e. The third-order valence-electron chi connectivity index (χ3n) is 1.54. The molecule has 0 N–H and O–H groups in total. The predicted octanol–water partition coefficient (Wildman–Crippen LogP) is 1.64. The molecule has 0 amide bonds. The summed E-state index contributed by atoms with van der Waals surface area (Å²) in [5.74, 6) is 0.521. The van der Waals surface area contributed by atoms with Crippen LogP contribution in [0.25, 0.3) is 0 Å². The molecule has 0 aliphatic rings. The van der Waals surface area contributed by atoms with Gasteiger partial charge in [0, 0.05) is 20.1 Å². The Balaban J connectivity index is 3.04. The lowest BCUT2D eigenvalue weighted by molar-refractivity contribution is -0.108. The van der Waals surface area contributed by atoms with Crippen LogP contribution >= 0.6 is 0 Å². The Morgan fingerprint density at radius 1 is 1.60 bits per heavy atom. The highest BCUT2D eigenvalue weighted by atomic mass is 16.5. The Bertz CT molecular complexity index is 81.3. The van der Waals surface area contributed by atoms with Gasteiger partial charge < -0.3 is 9.53 Å². The van der Waals surface area contributed by atoms with Crippen LogP contribution in [0, 0.1) is 5.92 Å². The highest BCUT2D eigenvalue weighted by molar-refractivity contribution is 5.49. The fourth-order valence-corrected chi connectivity index (χ4v) is 0.858. The van der Waals surface area contributed by atoms with Crippen molar-refractivity contribution in [3.05, 3.63) is 0 Å². The summed E-state index contributed by atoms with van der Waals surface area (Å²) in [6, 6.07) is 0.